The van der Waals surface area contributed by atoms with Crippen LogP contribution in [0.15, 0.2) is 18.2 Å². The summed E-state index contributed by atoms with van der Waals surface area (Å²) in [6.07, 6.45) is -2.06. The fraction of sp³-hybridized carbons (Fsp3) is 0.562. The summed E-state index contributed by atoms with van der Waals surface area (Å²) in [7, 11) is -4.02. The number of amides is 1. The van der Waals surface area contributed by atoms with E-state index in [1.165, 1.54) is 4.90 Å². The van der Waals surface area contributed by atoms with Crippen LogP contribution in [0.25, 0.3) is 0 Å². The van der Waals surface area contributed by atoms with Gasteiger partial charge in [-0.1, -0.05) is 18.5 Å². The third-order valence-corrected chi connectivity index (χ3v) is 5.68. The number of alkyl halides is 3. The number of carbonyl (C=O) groups is 1. The standard InChI is InChI=1S/C16H20ClF3N2O3S/c1-11-4-3-7-21(9-11)15(23)10-22(26(2,24)25)14-8-12(16(18,19)20)5-6-13(14)17/h5-6,8,11H,3-4,7,9-10H2,1-2H3. The summed E-state index contributed by atoms with van der Waals surface area (Å²) >= 11 is 5.94. The van der Waals surface area contributed by atoms with E-state index in [-0.39, 0.29) is 16.6 Å². The second-order valence-electron chi connectivity index (χ2n) is 6.52. The normalized spacial score (nSPS) is 18.7. The van der Waals surface area contributed by atoms with Gasteiger partial charge in [0.25, 0.3) is 0 Å². The average Bonchev–Trinajstić information content (AvgIpc) is 2.51. The zero-order valence-corrected chi connectivity index (χ0v) is 16.0. The number of piperidine rings is 1. The Morgan fingerprint density at radius 3 is 2.58 bits per heavy atom. The lowest BCUT2D eigenvalue weighted by Crippen LogP contribution is -2.46. The van der Waals surface area contributed by atoms with Crippen LogP contribution in [0.2, 0.25) is 5.02 Å². The van der Waals surface area contributed by atoms with Crippen LogP contribution in [0, 0.1) is 5.92 Å². The van der Waals surface area contributed by atoms with E-state index in [0.717, 1.165) is 31.2 Å². The van der Waals surface area contributed by atoms with E-state index in [0.29, 0.717) is 23.5 Å². The van der Waals surface area contributed by atoms with Crippen LogP contribution in [-0.2, 0) is 21.0 Å². The van der Waals surface area contributed by atoms with E-state index in [9.17, 15) is 26.4 Å². The lowest BCUT2D eigenvalue weighted by Gasteiger charge is -2.33. The highest BCUT2D eigenvalue weighted by Crippen LogP contribution is 2.36. The number of carbonyl (C=O) groups excluding carboxylic acids is 1. The molecule has 0 aliphatic carbocycles. The molecule has 0 bridgehead atoms. The first-order valence-electron chi connectivity index (χ1n) is 8.02. The van der Waals surface area contributed by atoms with E-state index in [4.69, 9.17) is 11.6 Å². The molecule has 0 radical (unpaired) electrons. The van der Waals surface area contributed by atoms with Gasteiger partial charge in [-0.05, 0) is 37.0 Å². The molecular weight excluding hydrogens is 393 g/mol. The van der Waals surface area contributed by atoms with Crippen LogP contribution >= 0.6 is 11.6 Å². The molecule has 0 saturated carbocycles. The van der Waals surface area contributed by atoms with Crippen molar-refractivity contribution in [2.45, 2.75) is 25.9 Å². The lowest BCUT2D eigenvalue weighted by molar-refractivity contribution is -0.137. The zero-order chi connectivity index (χ0) is 19.7. The predicted molar refractivity (Wildman–Crippen MR) is 93.6 cm³/mol. The molecule has 1 aliphatic heterocycles. The number of sulfonamides is 1. The molecule has 1 amide bonds. The molecule has 2 rings (SSSR count). The van der Waals surface area contributed by atoms with Crippen molar-refractivity contribution in [1.29, 1.82) is 0 Å². The molecule has 1 atom stereocenters. The number of hydrogen-bond donors (Lipinski definition) is 0. The maximum Gasteiger partial charge on any atom is 0.416 e. The van der Waals surface area contributed by atoms with Crippen LogP contribution < -0.4 is 4.31 Å². The van der Waals surface area contributed by atoms with Crippen LogP contribution in [0.1, 0.15) is 25.3 Å². The molecule has 5 nitrogen and oxygen atoms in total. The van der Waals surface area contributed by atoms with Crippen LogP contribution in [0.5, 0.6) is 0 Å². The molecule has 0 N–H and O–H groups in total. The smallest absolute Gasteiger partial charge is 0.341 e. The minimum absolute atomic E-state index is 0.178. The average molecular weight is 413 g/mol. The molecule has 1 aromatic rings. The van der Waals surface area contributed by atoms with E-state index in [1.807, 2.05) is 6.92 Å². The molecule has 0 aromatic heterocycles. The SMILES string of the molecule is CC1CCCN(C(=O)CN(c2cc(C(F)(F)F)ccc2Cl)S(C)(=O)=O)C1. The van der Waals surface area contributed by atoms with Crippen molar-refractivity contribution < 1.29 is 26.4 Å². The Labute approximate surface area is 155 Å². The van der Waals surface area contributed by atoms with Crippen molar-refractivity contribution in [2.75, 3.05) is 30.2 Å². The van der Waals surface area contributed by atoms with Gasteiger partial charge in [0.05, 0.1) is 22.5 Å². The summed E-state index contributed by atoms with van der Waals surface area (Å²) in [5, 5.41) is -0.178. The van der Waals surface area contributed by atoms with Gasteiger partial charge < -0.3 is 4.90 Å². The molecule has 10 heteroatoms. The molecule has 1 heterocycles. The molecule has 0 spiro atoms. The minimum atomic E-state index is -4.66. The molecule has 1 saturated heterocycles. The van der Waals surface area contributed by atoms with Crippen LogP contribution in [-0.4, -0.2) is 45.1 Å². The first-order valence-corrected chi connectivity index (χ1v) is 10.2. The zero-order valence-electron chi connectivity index (χ0n) is 14.4. The first-order chi connectivity index (χ1) is 11.9. The van der Waals surface area contributed by atoms with Gasteiger partial charge in [-0.2, -0.15) is 13.2 Å². The van der Waals surface area contributed by atoms with E-state index in [1.54, 1.807) is 0 Å². The van der Waals surface area contributed by atoms with Gasteiger partial charge in [0.2, 0.25) is 15.9 Å². The van der Waals surface area contributed by atoms with Crippen molar-refractivity contribution in [1.82, 2.24) is 4.90 Å². The van der Waals surface area contributed by atoms with Crippen LogP contribution in [0.3, 0.4) is 0 Å². The summed E-state index contributed by atoms with van der Waals surface area (Å²) < 4.78 is 63.8. The fourth-order valence-corrected chi connectivity index (χ4v) is 4.02. The first kappa shape index (κ1) is 20.8. The second-order valence-corrected chi connectivity index (χ2v) is 8.83. The van der Waals surface area contributed by atoms with Gasteiger partial charge >= 0.3 is 6.18 Å². The molecule has 1 aliphatic rings. The summed E-state index contributed by atoms with van der Waals surface area (Å²) in [5.74, 6) is -0.174. The van der Waals surface area contributed by atoms with Gasteiger partial charge in [0.1, 0.15) is 6.54 Å². The highest BCUT2D eigenvalue weighted by atomic mass is 35.5. The molecule has 146 valence electrons. The molecule has 1 unspecified atom stereocenters. The number of hydrogen-bond acceptors (Lipinski definition) is 3. The maximum absolute atomic E-state index is 13.0. The van der Waals surface area contributed by atoms with Crippen LogP contribution in [0.4, 0.5) is 18.9 Å². The number of rotatable bonds is 4. The van der Waals surface area contributed by atoms with Crippen molar-refractivity contribution >= 4 is 33.2 Å². The Bertz CT molecular complexity index is 783. The lowest BCUT2D eigenvalue weighted by atomic mass is 10.0. The van der Waals surface area contributed by atoms with Crippen molar-refractivity contribution in [3.8, 4) is 0 Å². The van der Waals surface area contributed by atoms with Crippen molar-refractivity contribution in [3.63, 3.8) is 0 Å². The van der Waals surface area contributed by atoms with Crippen molar-refractivity contribution in [3.05, 3.63) is 28.8 Å². The Morgan fingerprint density at radius 1 is 1.38 bits per heavy atom. The number of likely N-dealkylation sites (tertiary alicyclic amines) is 1. The number of anilines is 1. The highest BCUT2D eigenvalue weighted by molar-refractivity contribution is 7.92. The third-order valence-electron chi connectivity index (χ3n) is 4.23. The van der Waals surface area contributed by atoms with Gasteiger partial charge in [-0.25, -0.2) is 8.42 Å². The van der Waals surface area contributed by atoms with E-state index >= 15 is 0 Å². The topological polar surface area (TPSA) is 57.7 Å². The van der Waals surface area contributed by atoms with Gasteiger partial charge in [-0.15, -0.1) is 0 Å². The number of nitrogens with zero attached hydrogens (tertiary/aromatic N) is 2. The summed E-state index contributed by atoms with van der Waals surface area (Å²) in [4.78, 5) is 14.1. The molecule has 1 aromatic carbocycles. The third kappa shape index (κ3) is 5.03. The Kier molecular flexibility index (Phi) is 6.12. The van der Waals surface area contributed by atoms with Gasteiger partial charge in [0, 0.05) is 13.1 Å². The summed E-state index contributed by atoms with van der Waals surface area (Å²) in [5.41, 5.74) is -1.40. The van der Waals surface area contributed by atoms with E-state index in [2.05, 4.69) is 0 Å². The maximum atomic E-state index is 13.0. The Morgan fingerprint density at radius 2 is 2.04 bits per heavy atom. The largest absolute Gasteiger partial charge is 0.416 e. The summed E-state index contributed by atoms with van der Waals surface area (Å²) in [6, 6.07) is 2.39. The molecule has 1 fully saturated rings. The summed E-state index contributed by atoms with van der Waals surface area (Å²) in [6.45, 7) is 2.38. The van der Waals surface area contributed by atoms with Gasteiger partial charge in [-0.3, -0.25) is 9.10 Å². The predicted octanol–water partition coefficient (Wildman–Crippen LogP) is 3.38. The monoisotopic (exact) mass is 412 g/mol. The quantitative estimate of drug-likeness (QED) is 0.761. The molecular formula is C16H20ClF3N2O3S. The Hall–Kier alpha value is -1.48. The second kappa shape index (κ2) is 7.64. The Balaban J connectivity index is 2.36. The van der Waals surface area contributed by atoms with Gasteiger partial charge in [0.15, 0.2) is 0 Å². The number of halogens is 4. The van der Waals surface area contributed by atoms with Crippen molar-refractivity contribution in [2.24, 2.45) is 5.92 Å². The minimum Gasteiger partial charge on any atom is -0.341 e. The highest BCUT2D eigenvalue weighted by Gasteiger charge is 2.33. The molecule has 26 heavy (non-hydrogen) atoms. The number of benzene rings is 1. The fourth-order valence-electron chi connectivity index (χ4n) is 2.90. The van der Waals surface area contributed by atoms with E-state index < -0.39 is 34.2 Å².